The summed E-state index contributed by atoms with van der Waals surface area (Å²) in [7, 11) is 0. The summed E-state index contributed by atoms with van der Waals surface area (Å²) in [6.45, 7) is 0. The first-order valence-corrected chi connectivity index (χ1v) is 3.13. The number of carbonyl (C=O) groups is 1. The number of hydrogen-bond donors (Lipinski definition) is 2. The molecule has 0 radical (unpaired) electrons. The zero-order chi connectivity index (χ0) is 8.97. The van der Waals surface area contributed by atoms with Gasteiger partial charge in [0.25, 0.3) is 0 Å². The highest BCUT2D eigenvalue weighted by Gasteiger charge is 1.99. The van der Waals surface area contributed by atoms with Gasteiger partial charge in [0, 0.05) is 6.20 Å². The molecule has 0 aliphatic carbocycles. The van der Waals surface area contributed by atoms with Crippen molar-refractivity contribution in [1.29, 1.82) is 0 Å². The maximum absolute atomic E-state index is 10.6. The van der Waals surface area contributed by atoms with Crippen LogP contribution in [0.1, 0.15) is 5.69 Å². The summed E-state index contributed by atoms with van der Waals surface area (Å²) in [6.07, 6.45) is 2.31. The highest BCUT2D eigenvalue weighted by molar-refractivity contribution is 6.05. The van der Waals surface area contributed by atoms with Crippen LogP contribution in [-0.4, -0.2) is 21.4 Å². The van der Waals surface area contributed by atoms with Crippen molar-refractivity contribution in [2.75, 3.05) is 0 Å². The number of carbonyl (C=O) groups excluding carboxylic acids is 1. The van der Waals surface area contributed by atoms with Crippen LogP contribution >= 0.6 is 0 Å². The van der Waals surface area contributed by atoms with Crippen molar-refractivity contribution in [2.24, 2.45) is 0 Å². The zero-order valence-corrected chi connectivity index (χ0v) is 6.02. The van der Waals surface area contributed by atoms with Crippen molar-refractivity contribution in [3.63, 3.8) is 0 Å². The molecule has 1 aromatic rings. The van der Waals surface area contributed by atoms with Crippen LogP contribution in [0.25, 0.3) is 5.57 Å². The lowest BCUT2D eigenvalue weighted by Gasteiger charge is -1.95. The van der Waals surface area contributed by atoms with E-state index in [1.54, 1.807) is 0 Å². The number of hydrogen-bond acceptors (Lipinski definition) is 4. The maximum Gasteiger partial charge on any atom is 0.345 e. The minimum atomic E-state index is -0.561. The van der Waals surface area contributed by atoms with Gasteiger partial charge in [-0.1, -0.05) is 0 Å². The van der Waals surface area contributed by atoms with Gasteiger partial charge >= 0.3 is 5.69 Å². The molecule has 0 spiro atoms. The number of nitrogens with one attached hydrogen (secondary N) is 1. The summed E-state index contributed by atoms with van der Waals surface area (Å²) in [5, 5.41) is 8.53. The Morgan fingerprint density at radius 2 is 2.42 bits per heavy atom. The van der Waals surface area contributed by atoms with E-state index in [2.05, 4.69) is 9.97 Å². The predicted octanol–water partition coefficient (Wildman–Crippen LogP) is -0.132. The lowest BCUT2D eigenvalue weighted by molar-refractivity contribution is -0.103. The Labute approximate surface area is 67.4 Å². The van der Waals surface area contributed by atoms with Crippen molar-refractivity contribution in [3.05, 3.63) is 34.7 Å². The number of rotatable bonds is 2. The summed E-state index contributed by atoms with van der Waals surface area (Å²) in [6, 6.07) is 1.41. The third kappa shape index (κ3) is 1.57. The van der Waals surface area contributed by atoms with E-state index in [1.807, 2.05) is 0 Å². The second-order valence-electron chi connectivity index (χ2n) is 1.99. The summed E-state index contributed by atoms with van der Waals surface area (Å²) in [4.78, 5) is 26.6. The minimum Gasteiger partial charge on any atom is -0.515 e. The molecule has 0 saturated heterocycles. The van der Waals surface area contributed by atoms with Gasteiger partial charge in [0.05, 0.1) is 17.5 Å². The van der Waals surface area contributed by atoms with Crippen LogP contribution < -0.4 is 5.69 Å². The molecule has 0 saturated carbocycles. The van der Waals surface area contributed by atoms with E-state index in [0.717, 1.165) is 0 Å². The van der Waals surface area contributed by atoms with Crippen molar-refractivity contribution in [1.82, 2.24) is 9.97 Å². The van der Waals surface area contributed by atoms with Gasteiger partial charge in [0.2, 0.25) is 0 Å². The lowest BCUT2D eigenvalue weighted by atomic mass is 10.2. The fourth-order valence-electron chi connectivity index (χ4n) is 0.700. The topological polar surface area (TPSA) is 83.0 Å². The molecule has 5 heteroatoms. The highest BCUT2D eigenvalue weighted by Crippen LogP contribution is 2.03. The average molecular weight is 166 g/mol. The largest absolute Gasteiger partial charge is 0.515 e. The van der Waals surface area contributed by atoms with Gasteiger partial charge in [0.15, 0.2) is 6.29 Å². The van der Waals surface area contributed by atoms with E-state index in [1.165, 1.54) is 12.3 Å². The monoisotopic (exact) mass is 166 g/mol. The zero-order valence-electron chi connectivity index (χ0n) is 6.02. The number of aliphatic hydroxyl groups excluding tert-OH is 1. The highest BCUT2D eigenvalue weighted by atomic mass is 16.2. The Morgan fingerprint density at radius 1 is 1.67 bits per heavy atom. The minimum absolute atomic E-state index is 0.00880. The van der Waals surface area contributed by atoms with Gasteiger partial charge in [-0.25, -0.2) is 9.78 Å². The lowest BCUT2D eigenvalue weighted by Crippen LogP contribution is -2.11. The van der Waals surface area contributed by atoms with E-state index in [-0.39, 0.29) is 11.3 Å². The summed E-state index contributed by atoms with van der Waals surface area (Å²) < 4.78 is 0. The molecule has 0 fully saturated rings. The quantitative estimate of drug-likeness (QED) is 0.364. The van der Waals surface area contributed by atoms with Crippen LogP contribution in [0.3, 0.4) is 0 Å². The van der Waals surface area contributed by atoms with E-state index >= 15 is 0 Å². The van der Waals surface area contributed by atoms with Gasteiger partial charge in [-0.2, -0.15) is 0 Å². The number of aromatic amines is 1. The molecule has 0 unspecified atom stereocenters. The molecular formula is C7H6N2O3. The van der Waals surface area contributed by atoms with Gasteiger partial charge in [-0.15, -0.1) is 0 Å². The van der Waals surface area contributed by atoms with Crippen LogP contribution in [-0.2, 0) is 4.79 Å². The molecule has 0 bridgehead atoms. The summed E-state index contributed by atoms with van der Waals surface area (Å²) in [5.41, 5.74) is -0.310. The van der Waals surface area contributed by atoms with Crippen molar-refractivity contribution in [2.45, 2.75) is 0 Å². The van der Waals surface area contributed by atoms with Crippen LogP contribution in [0, 0.1) is 0 Å². The molecule has 0 aliphatic rings. The maximum atomic E-state index is 10.6. The molecule has 1 heterocycles. The summed E-state index contributed by atoms with van der Waals surface area (Å²) >= 11 is 0. The SMILES string of the molecule is O=C/C(=C/O)c1ccnc(=O)[nH]1. The molecule has 5 nitrogen and oxygen atoms in total. The Kier molecular flexibility index (Phi) is 2.37. The molecule has 0 aromatic carbocycles. The van der Waals surface area contributed by atoms with Crippen molar-refractivity contribution in [3.8, 4) is 0 Å². The van der Waals surface area contributed by atoms with Crippen molar-refractivity contribution >= 4 is 11.9 Å². The molecule has 12 heavy (non-hydrogen) atoms. The number of H-pyrrole nitrogens is 1. The first kappa shape index (κ1) is 8.19. The fourth-order valence-corrected chi connectivity index (χ4v) is 0.700. The number of aromatic nitrogens is 2. The first-order chi connectivity index (χ1) is 5.77. The molecular weight excluding hydrogens is 160 g/mol. The number of aldehydes is 1. The van der Waals surface area contributed by atoms with Gasteiger partial charge in [0.1, 0.15) is 0 Å². The fraction of sp³-hybridized carbons (Fsp3) is 0. The molecule has 62 valence electrons. The Hall–Kier alpha value is -1.91. The third-order valence-corrected chi connectivity index (χ3v) is 1.25. The number of nitrogens with zero attached hydrogens (tertiary/aromatic N) is 1. The first-order valence-electron chi connectivity index (χ1n) is 3.13. The normalized spacial score (nSPS) is 11.2. The van der Waals surface area contributed by atoms with E-state index in [9.17, 15) is 9.59 Å². The predicted molar refractivity (Wildman–Crippen MR) is 41.5 cm³/mol. The van der Waals surface area contributed by atoms with Crippen LogP contribution in [0.15, 0.2) is 23.3 Å². The third-order valence-electron chi connectivity index (χ3n) is 1.25. The number of allylic oxidation sites excluding steroid dienone is 1. The second-order valence-corrected chi connectivity index (χ2v) is 1.99. The Bertz CT molecular complexity index is 367. The smallest absolute Gasteiger partial charge is 0.345 e. The molecule has 0 amide bonds. The van der Waals surface area contributed by atoms with Crippen molar-refractivity contribution < 1.29 is 9.90 Å². The van der Waals surface area contributed by atoms with Gasteiger partial charge in [-0.3, -0.25) is 4.79 Å². The van der Waals surface area contributed by atoms with E-state index in [0.29, 0.717) is 12.5 Å². The molecule has 1 rings (SSSR count). The Morgan fingerprint density at radius 3 is 2.92 bits per heavy atom. The number of aliphatic hydroxyl groups is 1. The average Bonchev–Trinajstić information content (AvgIpc) is 2.07. The van der Waals surface area contributed by atoms with Crippen LogP contribution in [0.2, 0.25) is 0 Å². The van der Waals surface area contributed by atoms with Gasteiger partial charge in [-0.05, 0) is 6.07 Å². The second kappa shape index (κ2) is 3.47. The van der Waals surface area contributed by atoms with Gasteiger partial charge < -0.3 is 10.1 Å². The molecule has 1 aromatic heterocycles. The summed E-state index contributed by atoms with van der Waals surface area (Å²) in [5.74, 6) is 0. The van der Waals surface area contributed by atoms with E-state index < -0.39 is 5.69 Å². The van der Waals surface area contributed by atoms with Crippen LogP contribution in [0.5, 0.6) is 0 Å². The molecule has 0 atom stereocenters. The van der Waals surface area contributed by atoms with Crippen LogP contribution in [0.4, 0.5) is 0 Å². The Balaban J connectivity index is 3.19. The van der Waals surface area contributed by atoms with E-state index in [4.69, 9.17) is 5.11 Å². The standard InChI is InChI=1S/C7H6N2O3/c10-3-5(4-11)6-1-2-8-7(12)9-6/h1-4,10H,(H,8,9,12)/b5-3-. The molecule has 2 N–H and O–H groups in total. The molecule has 0 aliphatic heterocycles.